The number of benzene rings is 2. The number of carbonyl (C=O) groups is 2. The van der Waals surface area contributed by atoms with E-state index in [2.05, 4.69) is 20.7 Å². The SMILES string of the molecule is COCCOC(=O)C(C)(CO)CC(Cc1ccc(-c2ccccc2)cc1)NC(=O)c1cnn[nH]1. The van der Waals surface area contributed by atoms with E-state index in [-0.39, 0.29) is 25.3 Å². The Hall–Kier alpha value is -3.56. The molecule has 34 heavy (non-hydrogen) atoms. The predicted octanol–water partition coefficient (Wildman–Crippen LogP) is 2.39. The average molecular weight is 467 g/mol. The third kappa shape index (κ3) is 6.72. The number of aromatic nitrogens is 3. The molecule has 1 aromatic heterocycles. The lowest BCUT2D eigenvalue weighted by atomic mass is 9.82. The second-order valence-corrected chi connectivity index (χ2v) is 8.36. The standard InChI is InChI=1S/C25H30N4O5/c1-25(17-30,24(32)34-13-12-33-2)15-21(27-23(31)22-16-26-29-28-22)14-18-8-10-20(11-9-18)19-6-4-3-5-7-19/h3-11,16,21,30H,12-15,17H2,1-2H3,(H,27,31)(H,26,28,29). The molecule has 9 heteroatoms. The van der Waals surface area contributed by atoms with Crippen molar-refractivity contribution in [3.05, 3.63) is 72.1 Å². The third-order valence-corrected chi connectivity index (χ3v) is 5.60. The molecule has 2 aromatic carbocycles. The number of methoxy groups -OCH3 is 1. The molecule has 1 heterocycles. The minimum absolute atomic E-state index is 0.0860. The lowest BCUT2D eigenvalue weighted by Gasteiger charge is -2.30. The van der Waals surface area contributed by atoms with Crippen LogP contribution < -0.4 is 5.32 Å². The highest BCUT2D eigenvalue weighted by Crippen LogP contribution is 2.27. The fourth-order valence-electron chi connectivity index (χ4n) is 3.64. The summed E-state index contributed by atoms with van der Waals surface area (Å²) < 4.78 is 10.2. The molecule has 2 atom stereocenters. The molecule has 0 saturated heterocycles. The summed E-state index contributed by atoms with van der Waals surface area (Å²) in [6.07, 6.45) is 1.94. The Morgan fingerprint density at radius 3 is 2.41 bits per heavy atom. The molecule has 0 aliphatic rings. The van der Waals surface area contributed by atoms with Gasteiger partial charge in [0.1, 0.15) is 12.3 Å². The number of hydrogen-bond acceptors (Lipinski definition) is 7. The number of H-pyrrole nitrogens is 1. The van der Waals surface area contributed by atoms with Gasteiger partial charge in [-0.05, 0) is 36.5 Å². The van der Waals surface area contributed by atoms with Crippen molar-refractivity contribution in [2.24, 2.45) is 5.41 Å². The highest BCUT2D eigenvalue weighted by atomic mass is 16.6. The zero-order valence-electron chi connectivity index (χ0n) is 19.4. The molecule has 0 saturated carbocycles. The minimum Gasteiger partial charge on any atom is -0.463 e. The number of aromatic amines is 1. The Kier molecular flexibility index (Phi) is 8.89. The van der Waals surface area contributed by atoms with E-state index in [1.165, 1.54) is 13.3 Å². The summed E-state index contributed by atoms with van der Waals surface area (Å²) in [6.45, 7) is 1.54. The van der Waals surface area contributed by atoms with Crippen LogP contribution in [0.5, 0.6) is 0 Å². The van der Waals surface area contributed by atoms with Crippen molar-refractivity contribution in [2.75, 3.05) is 26.9 Å². The topological polar surface area (TPSA) is 126 Å². The fourth-order valence-corrected chi connectivity index (χ4v) is 3.64. The molecule has 2 unspecified atom stereocenters. The molecular weight excluding hydrogens is 436 g/mol. The summed E-state index contributed by atoms with van der Waals surface area (Å²) >= 11 is 0. The van der Waals surface area contributed by atoms with Gasteiger partial charge in [-0.2, -0.15) is 0 Å². The van der Waals surface area contributed by atoms with Gasteiger partial charge in [0.05, 0.1) is 24.8 Å². The van der Waals surface area contributed by atoms with E-state index in [1.807, 2.05) is 54.6 Å². The average Bonchev–Trinajstić information content (AvgIpc) is 3.40. The van der Waals surface area contributed by atoms with E-state index in [0.717, 1.165) is 16.7 Å². The quantitative estimate of drug-likeness (QED) is 0.276. The van der Waals surface area contributed by atoms with Crippen LogP contribution >= 0.6 is 0 Å². The van der Waals surface area contributed by atoms with Crippen molar-refractivity contribution in [3.8, 4) is 11.1 Å². The molecule has 0 radical (unpaired) electrons. The fraction of sp³-hybridized carbons (Fsp3) is 0.360. The van der Waals surface area contributed by atoms with Gasteiger partial charge >= 0.3 is 5.97 Å². The second-order valence-electron chi connectivity index (χ2n) is 8.36. The molecule has 0 bridgehead atoms. The van der Waals surface area contributed by atoms with Crippen LogP contribution in [0, 0.1) is 5.41 Å². The maximum Gasteiger partial charge on any atom is 0.314 e. The van der Waals surface area contributed by atoms with Crippen LogP contribution in [0.3, 0.4) is 0 Å². The number of rotatable bonds is 12. The van der Waals surface area contributed by atoms with Crippen molar-refractivity contribution in [3.63, 3.8) is 0 Å². The number of aliphatic hydroxyl groups excluding tert-OH is 1. The Balaban J connectivity index is 1.77. The Bertz CT molecular complexity index is 1040. The number of amides is 1. The van der Waals surface area contributed by atoms with E-state index in [0.29, 0.717) is 6.42 Å². The van der Waals surface area contributed by atoms with Gasteiger partial charge in [0.2, 0.25) is 0 Å². The van der Waals surface area contributed by atoms with Crippen molar-refractivity contribution in [1.82, 2.24) is 20.7 Å². The van der Waals surface area contributed by atoms with Gasteiger partial charge < -0.3 is 19.9 Å². The van der Waals surface area contributed by atoms with E-state index < -0.39 is 29.9 Å². The summed E-state index contributed by atoms with van der Waals surface area (Å²) in [5, 5.41) is 22.7. The third-order valence-electron chi connectivity index (χ3n) is 5.60. The Labute approximate surface area is 198 Å². The molecular formula is C25H30N4O5. The van der Waals surface area contributed by atoms with Crippen molar-refractivity contribution < 1.29 is 24.2 Å². The highest BCUT2D eigenvalue weighted by molar-refractivity contribution is 5.92. The lowest BCUT2D eigenvalue weighted by Crippen LogP contribution is -2.45. The van der Waals surface area contributed by atoms with E-state index in [9.17, 15) is 14.7 Å². The summed E-state index contributed by atoms with van der Waals surface area (Å²) in [6, 6.07) is 17.6. The first kappa shape index (κ1) is 25.1. The first-order chi connectivity index (χ1) is 16.4. The number of nitrogens with one attached hydrogen (secondary N) is 2. The number of nitrogens with zero attached hydrogens (tertiary/aromatic N) is 2. The predicted molar refractivity (Wildman–Crippen MR) is 126 cm³/mol. The van der Waals surface area contributed by atoms with Gasteiger partial charge in [-0.1, -0.05) is 59.8 Å². The smallest absolute Gasteiger partial charge is 0.314 e. The first-order valence-corrected chi connectivity index (χ1v) is 11.0. The van der Waals surface area contributed by atoms with Gasteiger partial charge in [-0.3, -0.25) is 14.7 Å². The van der Waals surface area contributed by atoms with Gasteiger partial charge in [0, 0.05) is 13.2 Å². The van der Waals surface area contributed by atoms with Crippen LogP contribution in [0.2, 0.25) is 0 Å². The van der Waals surface area contributed by atoms with Crippen LogP contribution in [0.1, 0.15) is 29.4 Å². The molecule has 3 N–H and O–H groups in total. The molecule has 1 amide bonds. The molecule has 0 aliphatic heterocycles. The number of hydrogen-bond donors (Lipinski definition) is 3. The van der Waals surface area contributed by atoms with Crippen molar-refractivity contribution >= 4 is 11.9 Å². The summed E-state index contributed by atoms with van der Waals surface area (Å²) in [5.41, 5.74) is 2.16. The molecule has 3 aromatic rings. The van der Waals surface area contributed by atoms with Crippen molar-refractivity contribution in [2.45, 2.75) is 25.8 Å². The van der Waals surface area contributed by atoms with Gasteiger partial charge in [0.15, 0.2) is 0 Å². The van der Waals surface area contributed by atoms with Crippen molar-refractivity contribution in [1.29, 1.82) is 0 Å². The molecule has 3 rings (SSSR count). The van der Waals surface area contributed by atoms with Gasteiger partial charge in [-0.15, -0.1) is 5.10 Å². The maximum absolute atomic E-state index is 12.7. The van der Waals surface area contributed by atoms with Crippen LogP contribution in [0.4, 0.5) is 0 Å². The molecule has 0 fully saturated rings. The maximum atomic E-state index is 12.7. The summed E-state index contributed by atoms with van der Waals surface area (Å²) in [7, 11) is 1.51. The first-order valence-electron chi connectivity index (χ1n) is 11.0. The highest BCUT2D eigenvalue weighted by Gasteiger charge is 2.37. The lowest BCUT2D eigenvalue weighted by molar-refractivity contribution is -0.159. The zero-order valence-corrected chi connectivity index (χ0v) is 19.4. The molecule has 9 nitrogen and oxygen atoms in total. The Morgan fingerprint density at radius 2 is 1.79 bits per heavy atom. The van der Waals surface area contributed by atoms with Gasteiger partial charge in [-0.25, -0.2) is 0 Å². The molecule has 0 spiro atoms. The summed E-state index contributed by atoms with van der Waals surface area (Å²) in [5.74, 6) is -0.946. The zero-order chi connectivity index (χ0) is 24.4. The monoisotopic (exact) mass is 466 g/mol. The second kappa shape index (κ2) is 12.1. The van der Waals surface area contributed by atoms with E-state index in [1.54, 1.807) is 6.92 Å². The number of ether oxygens (including phenoxy) is 2. The van der Waals surface area contributed by atoms with Gasteiger partial charge in [0.25, 0.3) is 5.91 Å². The molecule has 180 valence electrons. The molecule has 0 aliphatic carbocycles. The minimum atomic E-state index is -1.21. The van der Waals surface area contributed by atoms with Crippen LogP contribution in [-0.2, 0) is 20.7 Å². The largest absolute Gasteiger partial charge is 0.463 e. The normalized spacial score (nSPS) is 13.6. The number of aliphatic hydroxyl groups is 1. The van der Waals surface area contributed by atoms with E-state index >= 15 is 0 Å². The van der Waals surface area contributed by atoms with Crippen LogP contribution in [0.25, 0.3) is 11.1 Å². The van der Waals surface area contributed by atoms with Crippen LogP contribution in [0.15, 0.2) is 60.8 Å². The summed E-state index contributed by atoms with van der Waals surface area (Å²) in [4.78, 5) is 25.4. The van der Waals surface area contributed by atoms with Crippen LogP contribution in [-0.4, -0.2) is 65.4 Å². The number of carbonyl (C=O) groups excluding carboxylic acids is 2. The van der Waals surface area contributed by atoms with E-state index in [4.69, 9.17) is 9.47 Å². The Morgan fingerprint density at radius 1 is 1.09 bits per heavy atom. The number of esters is 1.